The fourth-order valence-corrected chi connectivity index (χ4v) is 3.62. The summed E-state index contributed by atoms with van der Waals surface area (Å²) in [5.74, 6) is 0.834. The van der Waals surface area contributed by atoms with E-state index in [9.17, 15) is 9.90 Å². The second kappa shape index (κ2) is 10.5. The number of ketones is 1. The number of aromatic hydroxyl groups is 1. The number of ether oxygens (including phenoxy) is 4. The van der Waals surface area contributed by atoms with Crippen molar-refractivity contribution in [2.45, 2.75) is 51.1 Å². The van der Waals surface area contributed by atoms with Crippen molar-refractivity contribution < 1.29 is 28.8 Å². The molecule has 2 aliphatic rings. The van der Waals surface area contributed by atoms with Crippen LogP contribution in [0.3, 0.4) is 0 Å². The molecule has 0 aromatic heterocycles. The Labute approximate surface area is 182 Å². The third kappa shape index (κ3) is 6.09. The van der Waals surface area contributed by atoms with Crippen molar-refractivity contribution in [3.63, 3.8) is 0 Å². The first-order valence-corrected chi connectivity index (χ1v) is 10.9. The fourth-order valence-electron chi connectivity index (χ4n) is 3.62. The highest BCUT2D eigenvalue weighted by atomic mass is 16.7. The van der Waals surface area contributed by atoms with Gasteiger partial charge >= 0.3 is 0 Å². The summed E-state index contributed by atoms with van der Waals surface area (Å²) in [5.41, 5.74) is 1.08. The molecule has 1 N–H and O–H groups in total. The highest BCUT2D eigenvalue weighted by molar-refractivity contribution is 6.08. The van der Waals surface area contributed by atoms with Crippen molar-refractivity contribution in [1.82, 2.24) is 0 Å². The maximum atomic E-state index is 12.5. The first-order chi connectivity index (χ1) is 15.2. The van der Waals surface area contributed by atoms with Gasteiger partial charge in [-0.15, -0.1) is 0 Å². The van der Waals surface area contributed by atoms with E-state index in [0.717, 1.165) is 56.4 Å². The number of phenolic OH excluding ortho intramolecular Hbond substituents is 1. The lowest BCUT2D eigenvalue weighted by Crippen LogP contribution is -2.24. The van der Waals surface area contributed by atoms with Crippen LogP contribution in [0.5, 0.6) is 17.2 Å². The summed E-state index contributed by atoms with van der Waals surface area (Å²) < 4.78 is 22.7. The Morgan fingerprint density at radius 2 is 1.48 bits per heavy atom. The average Bonchev–Trinajstić information content (AvgIpc) is 2.80. The molecule has 2 aliphatic heterocycles. The third-order valence-corrected chi connectivity index (χ3v) is 5.35. The Kier molecular flexibility index (Phi) is 7.22. The summed E-state index contributed by atoms with van der Waals surface area (Å²) >= 11 is 0. The zero-order chi connectivity index (χ0) is 21.5. The van der Waals surface area contributed by atoms with Crippen LogP contribution in [-0.4, -0.2) is 36.7 Å². The van der Waals surface area contributed by atoms with Crippen LogP contribution >= 0.6 is 0 Å². The molecule has 2 fully saturated rings. The minimum Gasteiger partial charge on any atom is -0.507 e. The third-order valence-electron chi connectivity index (χ3n) is 5.35. The lowest BCUT2D eigenvalue weighted by atomic mass is 10.1. The Bertz CT molecular complexity index is 893. The normalized spacial score (nSPS) is 21.7. The van der Waals surface area contributed by atoms with Gasteiger partial charge in [-0.05, 0) is 61.6 Å². The summed E-state index contributed by atoms with van der Waals surface area (Å²) in [6.45, 7) is 1.42. The molecular weight excluding hydrogens is 396 g/mol. The van der Waals surface area contributed by atoms with Gasteiger partial charge < -0.3 is 24.1 Å². The van der Waals surface area contributed by atoms with Crippen molar-refractivity contribution >= 4 is 11.9 Å². The Morgan fingerprint density at radius 1 is 0.871 bits per heavy atom. The lowest BCUT2D eigenvalue weighted by molar-refractivity contribution is -0.106. The number of rotatable bonds is 7. The van der Waals surface area contributed by atoms with Crippen molar-refractivity contribution in [2.75, 3.05) is 13.2 Å². The molecule has 2 heterocycles. The number of carbonyl (C=O) groups is 1. The van der Waals surface area contributed by atoms with Crippen LogP contribution in [-0.2, 0) is 9.47 Å². The first-order valence-electron chi connectivity index (χ1n) is 10.9. The van der Waals surface area contributed by atoms with E-state index in [4.69, 9.17) is 18.9 Å². The smallest absolute Gasteiger partial charge is 0.199 e. The van der Waals surface area contributed by atoms with Crippen molar-refractivity contribution in [2.24, 2.45) is 0 Å². The molecule has 2 aromatic carbocycles. The topological polar surface area (TPSA) is 74.2 Å². The number of benzene rings is 2. The van der Waals surface area contributed by atoms with E-state index in [-0.39, 0.29) is 29.7 Å². The number of allylic oxidation sites excluding steroid dienone is 1. The molecule has 2 unspecified atom stereocenters. The van der Waals surface area contributed by atoms with Gasteiger partial charge in [0.2, 0.25) is 0 Å². The molecule has 31 heavy (non-hydrogen) atoms. The molecule has 0 aliphatic carbocycles. The van der Waals surface area contributed by atoms with Gasteiger partial charge in [-0.25, -0.2) is 0 Å². The number of hydrogen-bond donors (Lipinski definition) is 1. The Hall–Kier alpha value is -2.83. The zero-order valence-corrected chi connectivity index (χ0v) is 17.5. The van der Waals surface area contributed by atoms with Gasteiger partial charge in [0.15, 0.2) is 18.4 Å². The van der Waals surface area contributed by atoms with Crippen LogP contribution in [0.2, 0.25) is 0 Å². The number of carbonyl (C=O) groups excluding carboxylic acids is 1. The maximum Gasteiger partial charge on any atom is 0.199 e. The Balaban J connectivity index is 1.33. The van der Waals surface area contributed by atoms with E-state index in [2.05, 4.69) is 0 Å². The van der Waals surface area contributed by atoms with E-state index >= 15 is 0 Å². The SMILES string of the molecule is O=C(C=Cc1ccc(OC2CCCCO2)cc1)c1ccc(OC2CCCCO2)cc1O. The molecule has 0 radical (unpaired) electrons. The van der Waals surface area contributed by atoms with Crippen LogP contribution in [0.25, 0.3) is 6.08 Å². The van der Waals surface area contributed by atoms with Crippen molar-refractivity contribution in [3.05, 3.63) is 59.7 Å². The lowest BCUT2D eigenvalue weighted by Gasteiger charge is -2.23. The molecule has 2 atom stereocenters. The Morgan fingerprint density at radius 3 is 2.06 bits per heavy atom. The van der Waals surface area contributed by atoms with Gasteiger partial charge in [-0.3, -0.25) is 4.79 Å². The van der Waals surface area contributed by atoms with E-state index in [1.165, 1.54) is 12.1 Å². The van der Waals surface area contributed by atoms with E-state index in [1.54, 1.807) is 18.2 Å². The molecule has 4 rings (SSSR count). The van der Waals surface area contributed by atoms with Gasteiger partial charge in [0.1, 0.15) is 17.2 Å². The first kappa shape index (κ1) is 21.4. The number of phenols is 1. The molecule has 0 amide bonds. The van der Waals surface area contributed by atoms with Crippen LogP contribution < -0.4 is 9.47 Å². The van der Waals surface area contributed by atoms with E-state index in [1.807, 2.05) is 24.3 Å². The summed E-state index contributed by atoms with van der Waals surface area (Å²) in [7, 11) is 0. The van der Waals surface area contributed by atoms with Gasteiger partial charge in [0.05, 0.1) is 18.8 Å². The molecule has 6 heteroatoms. The van der Waals surface area contributed by atoms with Gasteiger partial charge in [-0.1, -0.05) is 18.2 Å². The summed E-state index contributed by atoms with van der Waals surface area (Å²) in [6, 6.07) is 12.2. The fraction of sp³-hybridized carbons (Fsp3) is 0.400. The van der Waals surface area contributed by atoms with Gasteiger partial charge in [0, 0.05) is 18.9 Å². The van der Waals surface area contributed by atoms with E-state index in [0.29, 0.717) is 12.4 Å². The summed E-state index contributed by atoms with van der Waals surface area (Å²) in [5, 5.41) is 10.3. The van der Waals surface area contributed by atoms with Crippen LogP contribution in [0.4, 0.5) is 0 Å². The molecule has 0 bridgehead atoms. The standard InChI is InChI=1S/C25H28O6/c26-22(21-13-12-20(17-23(21)27)31-25-6-2-4-16-29-25)14-9-18-7-10-19(11-8-18)30-24-5-1-3-15-28-24/h7-14,17,24-25,27H,1-6,15-16H2. The second-order valence-corrected chi connectivity index (χ2v) is 7.77. The minimum atomic E-state index is -0.300. The minimum absolute atomic E-state index is 0.112. The number of hydrogen-bond acceptors (Lipinski definition) is 6. The van der Waals surface area contributed by atoms with Crippen LogP contribution in [0.15, 0.2) is 48.5 Å². The highest BCUT2D eigenvalue weighted by Gasteiger charge is 2.17. The largest absolute Gasteiger partial charge is 0.507 e. The molecule has 6 nitrogen and oxygen atoms in total. The molecule has 2 aromatic rings. The zero-order valence-electron chi connectivity index (χ0n) is 17.5. The molecule has 2 saturated heterocycles. The van der Waals surface area contributed by atoms with E-state index < -0.39 is 0 Å². The molecular formula is C25H28O6. The predicted octanol–water partition coefficient (Wildman–Crippen LogP) is 5.10. The molecule has 164 valence electrons. The van der Waals surface area contributed by atoms with Crippen LogP contribution in [0.1, 0.15) is 54.4 Å². The van der Waals surface area contributed by atoms with Gasteiger partial charge in [-0.2, -0.15) is 0 Å². The average molecular weight is 424 g/mol. The van der Waals surface area contributed by atoms with Crippen molar-refractivity contribution in [3.8, 4) is 17.2 Å². The van der Waals surface area contributed by atoms with Crippen molar-refractivity contribution in [1.29, 1.82) is 0 Å². The second-order valence-electron chi connectivity index (χ2n) is 7.77. The van der Waals surface area contributed by atoms with Crippen LogP contribution in [0, 0.1) is 0 Å². The molecule has 0 saturated carbocycles. The predicted molar refractivity (Wildman–Crippen MR) is 116 cm³/mol. The molecule has 0 spiro atoms. The highest BCUT2D eigenvalue weighted by Crippen LogP contribution is 2.27. The summed E-state index contributed by atoms with van der Waals surface area (Å²) in [4.78, 5) is 12.5. The quantitative estimate of drug-likeness (QED) is 0.492. The monoisotopic (exact) mass is 424 g/mol. The summed E-state index contributed by atoms with van der Waals surface area (Å²) in [6.07, 6.45) is 8.68. The van der Waals surface area contributed by atoms with Gasteiger partial charge in [0.25, 0.3) is 0 Å². The maximum absolute atomic E-state index is 12.5.